The van der Waals surface area contributed by atoms with Crippen LogP contribution in [0.3, 0.4) is 0 Å². The zero-order valence-electron chi connectivity index (χ0n) is 12.3. The molecule has 0 saturated carbocycles. The van der Waals surface area contributed by atoms with Crippen molar-refractivity contribution in [2.75, 3.05) is 43.6 Å². The molecule has 0 radical (unpaired) electrons. The summed E-state index contributed by atoms with van der Waals surface area (Å²) >= 11 is 0. The molecule has 0 unspecified atom stereocenters. The van der Waals surface area contributed by atoms with Gasteiger partial charge in [-0.3, -0.25) is 0 Å². The molecule has 0 aliphatic carbocycles. The van der Waals surface area contributed by atoms with Crippen LogP contribution in [0.4, 0.5) is 11.8 Å². The first-order chi connectivity index (χ1) is 10.4. The van der Waals surface area contributed by atoms with Gasteiger partial charge in [-0.15, -0.1) is 0 Å². The third-order valence-electron chi connectivity index (χ3n) is 3.41. The lowest BCUT2D eigenvalue weighted by Crippen LogP contribution is -2.40. The predicted molar refractivity (Wildman–Crippen MR) is 84.3 cm³/mol. The molecule has 1 aliphatic rings. The molecular weight excluding hydrogens is 266 g/mol. The van der Waals surface area contributed by atoms with Crippen molar-refractivity contribution in [2.45, 2.75) is 13.3 Å². The van der Waals surface area contributed by atoms with E-state index in [2.05, 4.69) is 32.6 Å². The highest BCUT2D eigenvalue weighted by molar-refractivity contribution is 5.89. The van der Waals surface area contributed by atoms with Crippen molar-refractivity contribution in [3.8, 4) is 0 Å². The van der Waals surface area contributed by atoms with Crippen LogP contribution < -0.4 is 10.7 Å². The fourth-order valence-electron chi connectivity index (χ4n) is 2.30. The van der Waals surface area contributed by atoms with Crippen molar-refractivity contribution >= 4 is 22.7 Å². The number of fused-ring (bicyclic) bond motifs is 1. The van der Waals surface area contributed by atoms with Crippen LogP contribution in [0.1, 0.15) is 13.3 Å². The molecule has 0 atom stereocenters. The Balaban J connectivity index is 1.89. The van der Waals surface area contributed by atoms with E-state index in [0.717, 1.165) is 56.0 Å². The van der Waals surface area contributed by atoms with Crippen LogP contribution in [-0.4, -0.2) is 47.8 Å². The van der Waals surface area contributed by atoms with Gasteiger partial charge in [-0.05, 0) is 18.6 Å². The van der Waals surface area contributed by atoms with Gasteiger partial charge in [-0.25, -0.2) is 9.99 Å². The average Bonchev–Trinajstić information content (AvgIpc) is 2.54. The fourth-order valence-corrected chi connectivity index (χ4v) is 2.30. The summed E-state index contributed by atoms with van der Waals surface area (Å²) in [7, 11) is 0. The molecule has 0 spiro atoms. The Morgan fingerprint density at radius 1 is 1.19 bits per heavy atom. The van der Waals surface area contributed by atoms with Crippen LogP contribution in [0.5, 0.6) is 0 Å². The Bertz CT molecular complexity index is 598. The quantitative estimate of drug-likeness (QED) is 0.878. The summed E-state index contributed by atoms with van der Waals surface area (Å²) in [6.45, 7) is 6.20. The third kappa shape index (κ3) is 3.40. The highest BCUT2D eigenvalue weighted by Gasteiger charge is 2.13. The zero-order valence-corrected chi connectivity index (χ0v) is 12.3. The number of ether oxygens (including phenoxy) is 1. The van der Waals surface area contributed by atoms with Gasteiger partial charge in [0, 0.05) is 25.0 Å². The van der Waals surface area contributed by atoms with Crippen molar-refractivity contribution < 1.29 is 4.74 Å². The number of aromatic nitrogens is 2. The first-order valence-corrected chi connectivity index (χ1v) is 7.47. The lowest BCUT2D eigenvalue weighted by molar-refractivity contribution is 0.0495. The van der Waals surface area contributed by atoms with E-state index in [1.165, 1.54) is 0 Å². The number of para-hydroxylation sites is 1. The molecule has 3 rings (SSSR count). The maximum Gasteiger partial charge on any atom is 0.225 e. The van der Waals surface area contributed by atoms with Gasteiger partial charge in [-0.2, -0.15) is 4.98 Å². The van der Waals surface area contributed by atoms with E-state index in [1.54, 1.807) is 0 Å². The van der Waals surface area contributed by atoms with E-state index in [1.807, 2.05) is 24.3 Å². The van der Waals surface area contributed by atoms with Gasteiger partial charge in [0.05, 0.1) is 18.7 Å². The number of hydrogen-bond donors (Lipinski definition) is 2. The van der Waals surface area contributed by atoms with Crippen molar-refractivity contribution in [1.82, 2.24) is 15.0 Å². The number of hydrogen-bond acceptors (Lipinski definition) is 6. The van der Waals surface area contributed by atoms with Crippen LogP contribution in [0, 0.1) is 0 Å². The van der Waals surface area contributed by atoms with Crippen LogP contribution >= 0.6 is 0 Å². The number of benzene rings is 1. The summed E-state index contributed by atoms with van der Waals surface area (Å²) in [6, 6.07) is 8.06. The molecule has 1 aliphatic heterocycles. The topological polar surface area (TPSA) is 62.3 Å². The predicted octanol–water partition coefficient (Wildman–Crippen LogP) is 2.11. The van der Waals surface area contributed by atoms with Gasteiger partial charge >= 0.3 is 0 Å². The summed E-state index contributed by atoms with van der Waals surface area (Å²) in [5.41, 5.74) is 4.35. The Morgan fingerprint density at radius 3 is 2.81 bits per heavy atom. The molecular formula is C15H21N5O. The van der Waals surface area contributed by atoms with Crippen molar-refractivity contribution in [2.24, 2.45) is 0 Å². The molecule has 21 heavy (non-hydrogen) atoms. The monoisotopic (exact) mass is 287 g/mol. The molecule has 0 bridgehead atoms. The van der Waals surface area contributed by atoms with Crippen molar-refractivity contribution in [3.05, 3.63) is 24.3 Å². The highest BCUT2D eigenvalue weighted by Crippen LogP contribution is 2.22. The first-order valence-electron chi connectivity index (χ1n) is 7.47. The summed E-state index contributed by atoms with van der Waals surface area (Å²) in [4.78, 5) is 9.18. The third-order valence-corrected chi connectivity index (χ3v) is 3.41. The van der Waals surface area contributed by atoms with E-state index in [9.17, 15) is 0 Å². The Kier molecular flexibility index (Phi) is 4.47. The number of rotatable bonds is 5. The maximum atomic E-state index is 5.37. The Morgan fingerprint density at radius 2 is 2.00 bits per heavy atom. The zero-order chi connectivity index (χ0) is 14.5. The minimum Gasteiger partial charge on any atom is -0.379 e. The van der Waals surface area contributed by atoms with E-state index < -0.39 is 0 Å². The van der Waals surface area contributed by atoms with Gasteiger partial charge in [0.25, 0.3) is 0 Å². The summed E-state index contributed by atoms with van der Waals surface area (Å²) in [6.07, 6.45) is 1.04. The molecule has 1 fully saturated rings. The molecule has 2 heterocycles. The van der Waals surface area contributed by atoms with Gasteiger partial charge in [0.15, 0.2) is 5.82 Å². The highest BCUT2D eigenvalue weighted by atomic mass is 16.5. The molecule has 2 aromatic rings. The van der Waals surface area contributed by atoms with Crippen molar-refractivity contribution in [3.63, 3.8) is 0 Å². The van der Waals surface area contributed by atoms with Crippen molar-refractivity contribution in [1.29, 1.82) is 0 Å². The standard InChI is InChI=1S/C15H21N5O/c1-2-7-16-15-17-13-6-4-3-5-12(13)14(18-15)19-20-8-10-21-11-9-20/h3-6H,2,7-11H2,1H3,(H2,16,17,18,19). The molecule has 1 aromatic heterocycles. The SMILES string of the molecule is CCCNc1nc(NN2CCOCC2)c2ccccc2n1. The van der Waals surface area contributed by atoms with Gasteiger partial charge < -0.3 is 15.5 Å². The van der Waals surface area contributed by atoms with Crippen LogP contribution in [0.2, 0.25) is 0 Å². The Labute approximate surface area is 124 Å². The Hall–Kier alpha value is -1.92. The van der Waals surface area contributed by atoms with Crippen LogP contribution in [-0.2, 0) is 4.74 Å². The number of morpholine rings is 1. The van der Waals surface area contributed by atoms with Gasteiger partial charge in [-0.1, -0.05) is 19.1 Å². The number of nitrogens with zero attached hydrogens (tertiary/aromatic N) is 3. The lowest BCUT2D eigenvalue weighted by atomic mass is 10.2. The van der Waals surface area contributed by atoms with E-state index >= 15 is 0 Å². The molecule has 6 nitrogen and oxygen atoms in total. The second kappa shape index (κ2) is 6.69. The number of hydrazine groups is 1. The number of anilines is 2. The van der Waals surface area contributed by atoms with E-state index in [-0.39, 0.29) is 0 Å². The maximum absolute atomic E-state index is 5.37. The molecule has 0 amide bonds. The summed E-state index contributed by atoms with van der Waals surface area (Å²) < 4.78 is 5.37. The average molecular weight is 287 g/mol. The second-order valence-corrected chi connectivity index (χ2v) is 5.05. The van der Waals surface area contributed by atoms with Gasteiger partial charge in [0.2, 0.25) is 5.95 Å². The normalized spacial score (nSPS) is 16.0. The minimum atomic E-state index is 0.673. The van der Waals surface area contributed by atoms with E-state index in [0.29, 0.717) is 5.95 Å². The van der Waals surface area contributed by atoms with Crippen LogP contribution in [0.25, 0.3) is 10.9 Å². The smallest absolute Gasteiger partial charge is 0.225 e. The fraction of sp³-hybridized carbons (Fsp3) is 0.467. The van der Waals surface area contributed by atoms with Gasteiger partial charge in [0.1, 0.15) is 0 Å². The summed E-state index contributed by atoms with van der Waals surface area (Å²) in [5.74, 6) is 1.52. The minimum absolute atomic E-state index is 0.673. The molecule has 112 valence electrons. The first kappa shape index (κ1) is 14.0. The largest absolute Gasteiger partial charge is 0.379 e. The summed E-state index contributed by atoms with van der Waals surface area (Å²) in [5, 5.41) is 6.43. The van der Waals surface area contributed by atoms with E-state index in [4.69, 9.17) is 4.74 Å². The molecule has 1 saturated heterocycles. The van der Waals surface area contributed by atoms with Crippen LogP contribution in [0.15, 0.2) is 24.3 Å². The molecule has 1 aromatic carbocycles. The molecule has 6 heteroatoms. The number of nitrogens with one attached hydrogen (secondary N) is 2. The molecule has 2 N–H and O–H groups in total. The lowest BCUT2D eigenvalue weighted by Gasteiger charge is -2.28. The second-order valence-electron chi connectivity index (χ2n) is 5.05.